The minimum Gasteiger partial charge on any atom is -0.461 e. The second-order valence-electron chi connectivity index (χ2n) is 39.5. The minimum atomic E-state index is -1.76. The summed E-state index contributed by atoms with van der Waals surface area (Å²) in [6, 6.07) is 44.7. The number of carbonyl (C=O) groups is 15. The maximum Gasteiger partial charge on any atom is 0.308 e. The molecule has 1 aromatic heterocycles. The molecular weight excluding hydrogens is 1900 g/mol. The number of nitrogens with zero attached hydrogens (tertiary/aromatic N) is 6. The molecule has 7 aromatic carbocycles. The third-order valence-corrected chi connectivity index (χ3v) is 24.2. The van der Waals surface area contributed by atoms with Crippen LogP contribution in [0.3, 0.4) is 0 Å². The van der Waals surface area contributed by atoms with E-state index < -0.39 is 174 Å². The fourth-order valence-corrected chi connectivity index (χ4v) is 16.5. The third-order valence-electron chi connectivity index (χ3n) is 24.2. The summed E-state index contributed by atoms with van der Waals surface area (Å²) in [5, 5.41) is 48.7. The van der Waals surface area contributed by atoms with Crippen molar-refractivity contribution in [2.45, 2.75) is 284 Å². The number of aryl methyl sites for hydroxylation is 1. The lowest BCUT2D eigenvalue weighted by molar-refractivity contribution is -0.149. The Balaban J connectivity index is 1.00. The number of nitrogens with one attached hydrogen (secondary N) is 13. The summed E-state index contributed by atoms with van der Waals surface area (Å²) < 4.78 is 18.2. The summed E-state index contributed by atoms with van der Waals surface area (Å²) in [5.41, 5.74) is 13.6. The number of carbonyl (C=O) groups excluding carboxylic acids is 15. The molecule has 0 radical (unpaired) electrons. The van der Waals surface area contributed by atoms with Crippen LogP contribution in [0, 0.1) is 29.6 Å². The van der Waals surface area contributed by atoms with Gasteiger partial charge in [-0.15, -0.1) is 5.10 Å². The highest BCUT2D eigenvalue weighted by Gasteiger charge is 2.40. The summed E-state index contributed by atoms with van der Waals surface area (Å²) in [6.45, 7) is 21.1. The van der Waals surface area contributed by atoms with Crippen molar-refractivity contribution in [2.75, 3.05) is 26.3 Å². The van der Waals surface area contributed by atoms with E-state index in [0.29, 0.717) is 77.1 Å². The van der Waals surface area contributed by atoms with Crippen LogP contribution in [0.1, 0.15) is 198 Å². The van der Waals surface area contributed by atoms with Crippen LogP contribution < -0.4 is 69.1 Å². The van der Waals surface area contributed by atoms with Crippen molar-refractivity contribution in [2.24, 2.45) is 34.7 Å². The lowest BCUT2D eigenvalue weighted by Crippen LogP contribution is -2.61. The quantitative estimate of drug-likeness (QED) is 0.00554. The lowest BCUT2D eigenvalue weighted by Gasteiger charge is -2.30. The van der Waals surface area contributed by atoms with Crippen LogP contribution >= 0.6 is 0 Å². The van der Waals surface area contributed by atoms with E-state index in [-0.39, 0.29) is 133 Å². The molecule has 12 atom stereocenters. The SMILES string of the molecule is CCCCCNC(=O)[C@H](CC(=O)OCc1ccccc1)NC(=O)[C@@H](CC(=O)OCc1ccccc1)NC(=O)[C@@H](CC(C)C)NC(=O)[C@@H](CC(C)C)NC(=O)[C@@H](CC(C)C)NC(=O)[C@@H](CC(C)C)NC(=O)[C@H](CC(C)C)NC(=O)[C@H](Cc1ccccc1)NC(=O)[C@H](Cc1ccccc1)NC(=O)[C@H](Cc1ccccc1)NC(=O)[C@H](Cc1ccccc1)NC(=O)[C@@H](Cc1ccccc1)NC(=O)CCCc1cn(CCOCCN=[N+]=[N-])nn1. The molecule has 8 aromatic rings. The van der Waals surface area contributed by atoms with Crippen molar-refractivity contribution in [3.05, 3.63) is 274 Å². The lowest BCUT2D eigenvalue weighted by atomic mass is 9.97. The first-order chi connectivity index (χ1) is 71.6. The predicted octanol–water partition coefficient (Wildman–Crippen LogP) is 9.76. The maximum absolute atomic E-state index is 15.6. The number of azide groups is 1. The molecule has 149 heavy (non-hydrogen) atoms. The van der Waals surface area contributed by atoms with Gasteiger partial charge < -0.3 is 83.3 Å². The van der Waals surface area contributed by atoms with E-state index in [2.05, 4.69) is 89.5 Å². The molecule has 0 bridgehead atoms. The number of hydrogen-bond donors (Lipinski definition) is 13. The smallest absolute Gasteiger partial charge is 0.308 e. The van der Waals surface area contributed by atoms with Gasteiger partial charge in [0.25, 0.3) is 0 Å². The van der Waals surface area contributed by atoms with Crippen molar-refractivity contribution >= 4 is 88.7 Å². The van der Waals surface area contributed by atoms with Gasteiger partial charge in [-0.25, -0.2) is 4.68 Å². The van der Waals surface area contributed by atoms with Crippen LogP contribution in [0.4, 0.5) is 0 Å². The highest BCUT2D eigenvalue weighted by molar-refractivity contribution is 6.01. The summed E-state index contributed by atoms with van der Waals surface area (Å²) in [6.07, 6.45) is 2.79. The molecule has 0 saturated carbocycles. The second kappa shape index (κ2) is 64.9. The Morgan fingerprint density at radius 1 is 0.329 bits per heavy atom. The monoisotopic (exact) mass is 2050 g/mol. The van der Waals surface area contributed by atoms with Crippen LogP contribution in [-0.4, -0.2) is 203 Å². The molecular formula is C112H149N19O18. The van der Waals surface area contributed by atoms with E-state index in [1.807, 2.05) is 80.5 Å². The molecule has 13 N–H and O–H groups in total. The summed E-state index contributed by atoms with van der Waals surface area (Å²) in [5.74, 6) is -13.5. The molecule has 1 heterocycles. The highest BCUT2D eigenvalue weighted by Crippen LogP contribution is 2.21. The highest BCUT2D eigenvalue weighted by atomic mass is 16.5. The Bertz CT molecular complexity index is 5590. The molecule has 0 aliphatic heterocycles. The molecule has 0 spiro atoms. The van der Waals surface area contributed by atoms with E-state index in [4.69, 9.17) is 19.7 Å². The largest absolute Gasteiger partial charge is 0.461 e. The maximum atomic E-state index is 15.6. The average molecular weight is 2050 g/mol. The van der Waals surface area contributed by atoms with E-state index in [1.54, 1.807) is 219 Å². The van der Waals surface area contributed by atoms with Crippen molar-refractivity contribution < 1.29 is 86.1 Å². The Hall–Kier alpha value is -15.0. The van der Waals surface area contributed by atoms with Gasteiger partial charge in [-0.1, -0.05) is 312 Å². The zero-order valence-electron chi connectivity index (χ0n) is 87.3. The second-order valence-corrected chi connectivity index (χ2v) is 39.5. The Morgan fingerprint density at radius 2 is 0.597 bits per heavy atom. The molecule has 13 amide bonds. The topological polar surface area (TPSA) is 520 Å². The van der Waals surface area contributed by atoms with Crippen LogP contribution in [-0.2, 0) is 144 Å². The number of amides is 13. The average Bonchev–Trinajstić information content (AvgIpc) is 1.68. The number of aromatic nitrogens is 3. The van der Waals surface area contributed by atoms with Gasteiger partial charge in [0.15, 0.2) is 0 Å². The van der Waals surface area contributed by atoms with E-state index in [1.165, 1.54) is 0 Å². The Labute approximate surface area is 872 Å². The molecule has 37 nitrogen and oxygen atoms in total. The van der Waals surface area contributed by atoms with Gasteiger partial charge in [0.1, 0.15) is 85.7 Å². The number of rotatable bonds is 66. The van der Waals surface area contributed by atoms with Gasteiger partial charge in [0.05, 0.1) is 38.3 Å². The molecule has 0 aliphatic carbocycles. The number of unbranched alkanes of at least 4 members (excludes halogenated alkanes) is 2. The van der Waals surface area contributed by atoms with Crippen LogP contribution in [0.2, 0.25) is 0 Å². The van der Waals surface area contributed by atoms with E-state index >= 15 is 38.4 Å². The van der Waals surface area contributed by atoms with Crippen LogP contribution in [0.15, 0.2) is 224 Å². The first kappa shape index (κ1) is 119. The molecule has 0 unspecified atom stereocenters. The zero-order chi connectivity index (χ0) is 108. The van der Waals surface area contributed by atoms with E-state index in [9.17, 15) is 33.6 Å². The number of esters is 2. The van der Waals surface area contributed by atoms with Gasteiger partial charge in [0.2, 0.25) is 76.8 Å². The molecule has 8 rings (SSSR count). The van der Waals surface area contributed by atoms with Crippen molar-refractivity contribution in [3.8, 4) is 0 Å². The van der Waals surface area contributed by atoms with Crippen LogP contribution in [0.5, 0.6) is 0 Å². The molecule has 800 valence electrons. The van der Waals surface area contributed by atoms with Crippen molar-refractivity contribution in [1.29, 1.82) is 0 Å². The first-order valence-electron chi connectivity index (χ1n) is 51.5. The zero-order valence-corrected chi connectivity index (χ0v) is 87.3. The van der Waals surface area contributed by atoms with Crippen molar-refractivity contribution in [3.63, 3.8) is 0 Å². The fraction of sp³-hybridized carbons (Fsp3) is 0.473. The normalized spacial score (nSPS) is 13.6. The third kappa shape index (κ3) is 45.5. The van der Waals surface area contributed by atoms with Gasteiger partial charge in [-0.2, -0.15) is 0 Å². The Morgan fingerprint density at radius 3 is 0.893 bits per heavy atom. The summed E-state index contributed by atoms with van der Waals surface area (Å²) in [7, 11) is 0. The fourth-order valence-electron chi connectivity index (χ4n) is 16.5. The van der Waals surface area contributed by atoms with Gasteiger partial charge in [0, 0.05) is 62.7 Å². The van der Waals surface area contributed by atoms with Crippen molar-refractivity contribution in [1.82, 2.24) is 84.1 Å². The van der Waals surface area contributed by atoms with Gasteiger partial charge >= 0.3 is 11.9 Å². The summed E-state index contributed by atoms with van der Waals surface area (Å²) in [4.78, 5) is 225. The number of ether oxygens (including phenoxy) is 3. The Kier molecular flexibility index (Phi) is 51.9. The molecule has 37 heteroatoms. The molecule has 0 aliphatic rings. The minimum absolute atomic E-state index is 0.00375. The van der Waals surface area contributed by atoms with Crippen LogP contribution in [0.25, 0.3) is 10.4 Å². The molecule has 0 fully saturated rings. The number of hydrogen-bond acceptors (Lipinski definition) is 21. The first-order valence-corrected chi connectivity index (χ1v) is 51.5. The molecule has 0 saturated heterocycles. The standard InChI is InChI=1S/C112H149N19O18/c1-12-13-35-53-114-101(135)96(68-99(133)148-71-83-47-31-19-32-48-83)126-112(146)97(69-100(134)149-72-84-49-33-20-34-50-84)127-106(140)90(62-77(10)11)120-104(138)88(60-75(6)7)118-102(136)86(58-73(2)3)117-103(137)87(59-74(4)5)119-105(139)89(61-76(8)9)121-108(142)92(64-79-39-23-15-24-40-79)123-110(144)94(66-81-43-27-17-28-44-81)125-111(145)95(67-82-45-29-18-30-46-82)124-109(143)93(65-80-41-25-16-26-42-80)122-107(141)91(63-78-37-21-14-22-38-78)116-98(132)52-36-51-85-70-131(130-128-85)55-57-147-56-54-115-129-113/h14-34,37-50,70,73-77,86-97H,12-13,35-36,51-69,71-72H2,1-11H3,(H,114,135)(H,116,132)(H,117,137)(H,118,136)(H,119,139)(H,120,138)(H,121,142)(H,122,141)(H,123,144)(H,124,143)(H,125,145)(H,126,146)(H,127,140)/t86-,87-,88-,89+,90-,91-,92+,93+,94+,95+,96+,97-/m1/s1. The number of benzene rings is 7. The summed E-state index contributed by atoms with van der Waals surface area (Å²) >= 11 is 0. The van der Waals surface area contributed by atoms with Gasteiger partial charge in [-0.05, 0) is 125 Å². The predicted molar refractivity (Wildman–Crippen MR) is 563 cm³/mol. The van der Waals surface area contributed by atoms with E-state index in [0.717, 1.165) is 12.8 Å². The van der Waals surface area contributed by atoms with Gasteiger partial charge in [-0.3, -0.25) is 71.9 Å².